The Labute approximate surface area is 114 Å². The van der Waals surface area contributed by atoms with Gasteiger partial charge in [-0.25, -0.2) is 0 Å². The van der Waals surface area contributed by atoms with Gasteiger partial charge in [-0.3, -0.25) is 0 Å². The predicted molar refractivity (Wildman–Crippen MR) is 80.7 cm³/mol. The Morgan fingerprint density at radius 3 is 2.61 bits per heavy atom. The predicted octanol–water partition coefficient (Wildman–Crippen LogP) is 3.70. The average Bonchev–Trinajstić information content (AvgIpc) is 2.59. The highest BCUT2D eigenvalue weighted by molar-refractivity contribution is 4.93. The van der Waals surface area contributed by atoms with Gasteiger partial charge in [-0.1, -0.05) is 53.4 Å². The maximum Gasteiger partial charge on any atom is 0.0105 e. The molecule has 0 aromatic carbocycles. The van der Waals surface area contributed by atoms with Gasteiger partial charge in [0, 0.05) is 19.1 Å². The molecule has 0 aromatic heterocycles. The zero-order chi connectivity index (χ0) is 13.6. The molecule has 2 atom stereocenters. The van der Waals surface area contributed by atoms with Crippen LogP contribution in [0.3, 0.4) is 0 Å². The first-order valence-corrected chi connectivity index (χ1v) is 7.86. The second-order valence-electron chi connectivity index (χ2n) is 7.38. The molecule has 18 heavy (non-hydrogen) atoms. The van der Waals surface area contributed by atoms with E-state index in [2.05, 4.69) is 33.0 Å². The summed E-state index contributed by atoms with van der Waals surface area (Å²) >= 11 is 0. The third-order valence-corrected chi connectivity index (χ3v) is 4.75. The topological polar surface area (TPSA) is 38.0 Å². The maximum atomic E-state index is 6.22. The number of hydrogen-bond acceptors (Lipinski definition) is 2. The number of unbranched alkanes of at least 4 members (excludes halogenated alkanes) is 2. The maximum absolute atomic E-state index is 6.22. The number of rotatable bonds is 8. The first kappa shape index (κ1) is 16.0. The zero-order valence-electron chi connectivity index (χ0n) is 13.0. The average molecular weight is 254 g/mol. The van der Waals surface area contributed by atoms with E-state index in [0.717, 1.165) is 13.1 Å². The van der Waals surface area contributed by atoms with E-state index in [4.69, 9.17) is 5.73 Å². The summed E-state index contributed by atoms with van der Waals surface area (Å²) in [5.41, 5.74) is 6.98. The van der Waals surface area contributed by atoms with Gasteiger partial charge in [-0.2, -0.15) is 0 Å². The van der Waals surface area contributed by atoms with Gasteiger partial charge in [0.15, 0.2) is 0 Å². The molecule has 0 saturated heterocycles. The third-order valence-electron chi connectivity index (χ3n) is 4.75. The summed E-state index contributed by atoms with van der Waals surface area (Å²) in [5.74, 6) is 0. The van der Waals surface area contributed by atoms with Crippen molar-refractivity contribution in [3.63, 3.8) is 0 Å². The molecule has 2 unspecified atom stereocenters. The lowest BCUT2D eigenvalue weighted by Gasteiger charge is -2.32. The van der Waals surface area contributed by atoms with Crippen LogP contribution in [0.5, 0.6) is 0 Å². The van der Waals surface area contributed by atoms with Gasteiger partial charge >= 0.3 is 0 Å². The third kappa shape index (κ3) is 4.89. The van der Waals surface area contributed by atoms with Crippen molar-refractivity contribution in [2.75, 3.05) is 13.1 Å². The standard InChI is InChI=1S/C16H34N2/c1-5-6-7-10-15(2,3)12-18-13-16(4)11-8-9-14(16)17/h14,18H,5-13,17H2,1-4H3. The van der Waals surface area contributed by atoms with Crippen LogP contribution < -0.4 is 11.1 Å². The highest BCUT2D eigenvalue weighted by atomic mass is 14.9. The van der Waals surface area contributed by atoms with Gasteiger partial charge in [0.05, 0.1) is 0 Å². The van der Waals surface area contributed by atoms with Crippen LogP contribution >= 0.6 is 0 Å². The number of hydrogen-bond donors (Lipinski definition) is 2. The zero-order valence-corrected chi connectivity index (χ0v) is 13.0. The van der Waals surface area contributed by atoms with E-state index in [0.29, 0.717) is 16.9 Å². The first-order chi connectivity index (χ1) is 8.40. The molecule has 108 valence electrons. The fourth-order valence-corrected chi connectivity index (χ4v) is 3.11. The molecule has 1 fully saturated rings. The van der Waals surface area contributed by atoms with E-state index < -0.39 is 0 Å². The van der Waals surface area contributed by atoms with Crippen LogP contribution in [0.4, 0.5) is 0 Å². The summed E-state index contributed by atoms with van der Waals surface area (Å²) in [7, 11) is 0. The Morgan fingerprint density at radius 1 is 1.33 bits per heavy atom. The van der Waals surface area contributed by atoms with Crippen molar-refractivity contribution < 1.29 is 0 Å². The molecule has 2 heteroatoms. The minimum absolute atomic E-state index is 0.333. The molecule has 1 aliphatic carbocycles. The van der Waals surface area contributed by atoms with E-state index in [1.54, 1.807) is 0 Å². The van der Waals surface area contributed by atoms with Crippen LogP contribution in [0.15, 0.2) is 0 Å². The van der Waals surface area contributed by atoms with Gasteiger partial charge in [0.1, 0.15) is 0 Å². The van der Waals surface area contributed by atoms with Crippen LogP contribution in [0, 0.1) is 10.8 Å². The molecule has 0 amide bonds. The fraction of sp³-hybridized carbons (Fsp3) is 1.00. The summed E-state index contributed by atoms with van der Waals surface area (Å²) in [6.45, 7) is 11.6. The summed E-state index contributed by atoms with van der Waals surface area (Å²) < 4.78 is 0. The Bertz CT molecular complexity index is 237. The molecular weight excluding hydrogens is 220 g/mol. The second kappa shape index (κ2) is 6.91. The highest BCUT2D eigenvalue weighted by Gasteiger charge is 2.36. The molecule has 1 saturated carbocycles. The lowest BCUT2D eigenvalue weighted by molar-refractivity contribution is 0.241. The van der Waals surface area contributed by atoms with Crippen LogP contribution in [-0.2, 0) is 0 Å². The number of nitrogens with two attached hydrogens (primary N) is 1. The Balaban J connectivity index is 2.23. The molecule has 0 heterocycles. The summed E-state index contributed by atoms with van der Waals surface area (Å²) in [5, 5.41) is 3.69. The molecule has 1 aliphatic rings. The molecule has 1 rings (SSSR count). The van der Waals surface area contributed by atoms with Crippen LogP contribution in [0.2, 0.25) is 0 Å². The van der Waals surface area contributed by atoms with Crippen molar-refractivity contribution in [3.05, 3.63) is 0 Å². The van der Waals surface area contributed by atoms with E-state index >= 15 is 0 Å². The van der Waals surface area contributed by atoms with Crippen LogP contribution in [0.25, 0.3) is 0 Å². The summed E-state index contributed by atoms with van der Waals surface area (Å²) in [6, 6.07) is 0.396. The van der Waals surface area contributed by atoms with Crippen LogP contribution in [0.1, 0.15) is 72.6 Å². The second-order valence-corrected chi connectivity index (χ2v) is 7.38. The van der Waals surface area contributed by atoms with Gasteiger partial charge in [0.25, 0.3) is 0 Å². The Kier molecular flexibility index (Phi) is 6.13. The van der Waals surface area contributed by atoms with Crippen molar-refractivity contribution in [1.29, 1.82) is 0 Å². The molecular formula is C16H34N2. The van der Waals surface area contributed by atoms with Crippen molar-refractivity contribution in [2.24, 2.45) is 16.6 Å². The van der Waals surface area contributed by atoms with Gasteiger partial charge < -0.3 is 11.1 Å². The van der Waals surface area contributed by atoms with E-state index in [-0.39, 0.29) is 0 Å². The Hall–Kier alpha value is -0.0800. The smallest absolute Gasteiger partial charge is 0.0105 e. The summed E-state index contributed by atoms with van der Waals surface area (Å²) in [6.07, 6.45) is 9.18. The molecule has 0 aromatic rings. The lowest BCUT2D eigenvalue weighted by atomic mass is 9.83. The SMILES string of the molecule is CCCCCC(C)(C)CNCC1(C)CCCC1N. The minimum atomic E-state index is 0.333. The normalized spacial score (nSPS) is 28.8. The molecule has 3 N–H and O–H groups in total. The minimum Gasteiger partial charge on any atom is -0.327 e. The molecule has 0 aliphatic heterocycles. The van der Waals surface area contributed by atoms with Crippen LogP contribution in [-0.4, -0.2) is 19.1 Å². The summed E-state index contributed by atoms with van der Waals surface area (Å²) in [4.78, 5) is 0. The molecule has 0 radical (unpaired) electrons. The van der Waals surface area contributed by atoms with Gasteiger partial charge in [0.2, 0.25) is 0 Å². The van der Waals surface area contributed by atoms with Crippen molar-refractivity contribution >= 4 is 0 Å². The van der Waals surface area contributed by atoms with Crippen molar-refractivity contribution in [1.82, 2.24) is 5.32 Å². The quantitative estimate of drug-likeness (QED) is 0.648. The molecule has 0 bridgehead atoms. The first-order valence-electron chi connectivity index (χ1n) is 7.86. The van der Waals surface area contributed by atoms with Crippen molar-refractivity contribution in [3.8, 4) is 0 Å². The molecule has 0 spiro atoms. The lowest BCUT2D eigenvalue weighted by Crippen LogP contribution is -2.44. The number of nitrogens with one attached hydrogen (secondary N) is 1. The van der Waals surface area contributed by atoms with Gasteiger partial charge in [-0.05, 0) is 30.1 Å². The van der Waals surface area contributed by atoms with Gasteiger partial charge in [-0.15, -0.1) is 0 Å². The van der Waals surface area contributed by atoms with E-state index in [1.807, 2.05) is 0 Å². The van der Waals surface area contributed by atoms with Crippen molar-refractivity contribution in [2.45, 2.75) is 78.7 Å². The van der Waals surface area contributed by atoms with E-state index in [1.165, 1.54) is 44.9 Å². The fourth-order valence-electron chi connectivity index (χ4n) is 3.11. The molecule has 2 nitrogen and oxygen atoms in total. The largest absolute Gasteiger partial charge is 0.327 e. The van der Waals surface area contributed by atoms with E-state index in [9.17, 15) is 0 Å². The monoisotopic (exact) mass is 254 g/mol. The highest BCUT2D eigenvalue weighted by Crippen LogP contribution is 2.36. The Morgan fingerprint density at radius 2 is 2.06 bits per heavy atom.